The first-order valence-electron chi connectivity index (χ1n) is 10.1. The highest BCUT2D eigenvalue weighted by molar-refractivity contribution is 7.17. The quantitative estimate of drug-likeness (QED) is 0.586. The van der Waals surface area contributed by atoms with E-state index in [0.29, 0.717) is 28.5 Å². The molecule has 0 unspecified atom stereocenters. The summed E-state index contributed by atoms with van der Waals surface area (Å²) in [6.45, 7) is 0.466. The van der Waals surface area contributed by atoms with Crippen LogP contribution in [0.2, 0.25) is 0 Å². The predicted octanol–water partition coefficient (Wildman–Crippen LogP) is 4.60. The number of carbonyl (C=O) groups excluding carboxylic acids is 2. The number of hydrogen-bond acceptors (Lipinski definition) is 4. The first-order chi connectivity index (χ1) is 14.6. The Kier molecular flexibility index (Phi) is 6.14. The molecule has 0 radical (unpaired) electrons. The molecule has 3 aromatic rings. The highest BCUT2D eigenvalue weighted by Gasteiger charge is 2.25. The normalized spacial score (nSPS) is 12.8. The maximum Gasteiger partial charge on any atom is 0.260 e. The van der Waals surface area contributed by atoms with Crippen molar-refractivity contribution in [3.63, 3.8) is 0 Å². The van der Waals surface area contributed by atoms with Gasteiger partial charge in [-0.25, -0.2) is 0 Å². The molecule has 30 heavy (non-hydrogen) atoms. The zero-order valence-electron chi connectivity index (χ0n) is 16.6. The number of para-hydroxylation sites is 1. The Bertz CT molecular complexity index is 1060. The molecule has 0 saturated carbocycles. The monoisotopic (exact) mass is 420 g/mol. The molecule has 0 bridgehead atoms. The van der Waals surface area contributed by atoms with Gasteiger partial charge in [-0.1, -0.05) is 42.5 Å². The number of hydrogen-bond donors (Lipinski definition) is 2. The molecule has 6 heteroatoms. The minimum Gasteiger partial charge on any atom is -0.492 e. The van der Waals surface area contributed by atoms with Crippen molar-refractivity contribution in [2.75, 3.05) is 11.9 Å². The summed E-state index contributed by atoms with van der Waals surface area (Å²) < 4.78 is 5.91. The summed E-state index contributed by atoms with van der Waals surface area (Å²) in [4.78, 5) is 26.2. The number of carbonyl (C=O) groups is 2. The van der Waals surface area contributed by atoms with Crippen molar-refractivity contribution < 1.29 is 14.3 Å². The van der Waals surface area contributed by atoms with Gasteiger partial charge in [-0.05, 0) is 48.9 Å². The van der Waals surface area contributed by atoms with Crippen molar-refractivity contribution >= 4 is 28.2 Å². The van der Waals surface area contributed by atoms with E-state index in [1.165, 1.54) is 16.9 Å². The van der Waals surface area contributed by atoms with Gasteiger partial charge in [0, 0.05) is 11.3 Å². The maximum absolute atomic E-state index is 13.0. The lowest BCUT2D eigenvalue weighted by Crippen LogP contribution is -2.19. The average molecular weight is 421 g/mol. The van der Waals surface area contributed by atoms with Crippen molar-refractivity contribution in [2.24, 2.45) is 5.73 Å². The molecule has 5 nitrogen and oxygen atoms in total. The summed E-state index contributed by atoms with van der Waals surface area (Å²) in [7, 11) is 0. The van der Waals surface area contributed by atoms with E-state index in [-0.39, 0.29) is 5.91 Å². The van der Waals surface area contributed by atoms with Gasteiger partial charge in [-0.3, -0.25) is 9.59 Å². The lowest BCUT2D eigenvalue weighted by Gasteiger charge is -2.12. The number of fused-ring (bicyclic) bond motifs is 1. The van der Waals surface area contributed by atoms with E-state index in [1.807, 2.05) is 36.4 Å². The Hall–Kier alpha value is -3.12. The van der Waals surface area contributed by atoms with Gasteiger partial charge < -0.3 is 15.8 Å². The number of anilines is 1. The van der Waals surface area contributed by atoms with Crippen molar-refractivity contribution in [1.29, 1.82) is 0 Å². The Labute approximate surface area is 179 Å². The van der Waals surface area contributed by atoms with Crippen LogP contribution in [0.1, 0.15) is 49.6 Å². The van der Waals surface area contributed by atoms with Gasteiger partial charge in [-0.15, -0.1) is 11.3 Å². The molecule has 154 valence electrons. The van der Waals surface area contributed by atoms with E-state index in [4.69, 9.17) is 10.5 Å². The molecule has 1 aliphatic carbocycles. The second-order valence-electron chi connectivity index (χ2n) is 7.31. The molecular weight excluding hydrogens is 396 g/mol. The standard InChI is InChI=1S/C24H24N2O3S/c25-22(27)21-18-11-5-7-13-20(18)30-24(21)26-23(28)17-10-4-6-12-19(17)29-15-14-16-8-2-1-3-9-16/h1-4,6,8-10,12H,5,7,11,13-15H2,(H2,25,27)(H,26,28). The van der Waals surface area contributed by atoms with Crippen LogP contribution in [0.15, 0.2) is 54.6 Å². The van der Waals surface area contributed by atoms with Gasteiger partial charge in [-0.2, -0.15) is 0 Å². The third kappa shape index (κ3) is 4.39. The molecule has 1 aromatic heterocycles. The minimum atomic E-state index is -0.489. The van der Waals surface area contributed by atoms with Gasteiger partial charge in [0.25, 0.3) is 11.8 Å². The zero-order chi connectivity index (χ0) is 20.9. The Morgan fingerprint density at radius 2 is 1.73 bits per heavy atom. The molecule has 4 rings (SSSR count). The van der Waals surface area contributed by atoms with E-state index in [1.54, 1.807) is 18.2 Å². The number of ether oxygens (including phenoxy) is 1. The summed E-state index contributed by atoms with van der Waals surface area (Å²) >= 11 is 1.46. The molecule has 0 atom stereocenters. The molecule has 0 aliphatic heterocycles. The van der Waals surface area contributed by atoms with Gasteiger partial charge in [0.15, 0.2) is 0 Å². The van der Waals surface area contributed by atoms with Crippen LogP contribution in [0.25, 0.3) is 0 Å². The molecule has 0 spiro atoms. The molecule has 3 N–H and O–H groups in total. The predicted molar refractivity (Wildman–Crippen MR) is 120 cm³/mol. The minimum absolute atomic E-state index is 0.300. The number of aryl methyl sites for hydroxylation is 1. The highest BCUT2D eigenvalue weighted by Crippen LogP contribution is 2.38. The summed E-state index contributed by atoms with van der Waals surface area (Å²) in [6, 6.07) is 17.2. The van der Waals surface area contributed by atoms with Crippen LogP contribution in [0, 0.1) is 0 Å². The Morgan fingerprint density at radius 3 is 2.53 bits per heavy atom. The Morgan fingerprint density at radius 1 is 1.00 bits per heavy atom. The number of primary amides is 1. The van der Waals surface area contributed by atoms with Crippen LogP contribution in [-0.2, 0) is 19.3 Å². The van der Waals surface area contributed by atoms with Crippen molar-refractivity contribution in [3.8, 4) is 5.75 Å². The maximum atomic E-state index is 13.0. The fourth-order valence-corrected chi connectivity index (χ4v) is 5.08. The summed E-state index contributed by atoms with van der Waals surface area (Å²) in [5, 5.41) is 3.45. The number of thiophene rings is 1. The molecule has 2 amide bonds. The third-order valence-corrected chi connectivity index (χ3v) is 6.47. The smallest absolute Gasteiger partial charge is 0.260 e. The molecule has 1 heterocycles. The first kappa shape index (κ1) is 20.2. The highest BCUT2D eigenvalue weighted by atomic mass is 32.1. The van der Waals surface area contributed by atoms with Crippen molar-refractivity contribution in [1.82, 2.24) is 0 Å². The largest absolute Gasteiger partial charge is 0.492 e. The van der Waals surface area contributed by atoms with Gasteiger partial charge >= 0.3 is 0 Å². The van der Waals surface area contributed by atoms with Crippen LogP contribution in [0.4, 0.5) is 5.00 Å². The topological polar surface area (TPSA) is 81.4 Å². The van der Waals surface area contributed by atoms with E-state index in [9.17, 15) is 9.59 Å². The van der Waals surface area contributed by atoms with E-state index in [2.05, 4.69) is 5.32 Å². The van der Waals surface area contributed by atoms with Gasteiger partial charge in [0.1, 0.15) is 10.8 Å². The van der Waals surface area contributed by atoms with Crippen LogP contribution < -0.4 is 15.8 Å². The fourth-order valence-electron chi connectivity index (χ4n) is 3.79. The number of benzene rings is 2. The van der Waals surface area contributed by atoms with Crippen molar-refractivity contribution in [3.05, 3.63) is 81.7 Å². The van der Waals surface area contributed by atoms with Crippen molar-refractivity contribution in [2.45, 2.75) is 32.1 Å². The van der Waals surface area contributed by atoms with E-state index in [0.717, 1.165) is 42.5 Å². The van der Waals surface area contributed by atoms with E-state index < -0.39 is 5.91 Å². The molecular formula is C24H24N2O3S. The SMILES string of the molecule is NC(=O)c1c(NC(=O)c2ccccc2OCCc2ccccc2)sc2c1CCCC2. The molecule has 0 fully saturated rings. The van der Waals surface area contributed by atoms with Crippen LogP contribution >= 0.6 is 11.3 Å². The zero-order valence-corrected chi connectivity index (χ0v) is 17.5. The van der Waals surface area contributed by atoms with Crippen LogP contribution in [0.5, 0.6) is 5.75 Å². The lowest BCUT2D eigenvalue weighted by molar-refractivity contribution is 0.100. The second-order valence-corrected chi connectivity index (χ2v) is 8.42. The molecule has 2 aromatic carbocycles. The summed E-state index contributed by atoms with van der Waals surface area (Å²) in [5.41, 5.74) is 8.72. The fraction of sp³-hybridized carbons (Fsp3) is 0.250. The Balaban J connectivity index is 1.50. The summed E-state index contributed by atoms with van der Waals surface area (Å²) in [6.07, 6.45) is 4.64. The number of amides is 2. The molecule has 1 aliphatic rings. The number of nitrogens with one attached hydrogen (secondary N) is 1. The average Bonchev–Trinajstić information content (AvgIpc) is 3.13. The number of rotatable bonds is 7. The lowest BCUT2D eigenvalue weighted by atomic mass is 9.95. The third-order valence-electron chi connectivity index (χ3n) is 5.27. The van der Waals surface area contributed by atoms with Gasteiger partial charge in [0.05, 0.1) is 17.7 Å². The van der Waals surface area contributed by atoms with Crippen LogP contribution in [-0.4, -0.2) is 18.4 Å². The summed E-state index contributed by atoms with van der Waals surface area (Å²) in [5.74, 6) is -0.267. The second kappa shape index (κ2) is 9.13. The number of nitrogens with two attached hydrogens (primary N) is 1. The van der Waals surface area contributed by atoms with Crippen LogP contribution in [0.3, 0.4) is 0 Å². The first-order valence-corrected chi connectivity index (χ1v) is 11.0. The molecule has 0 saturated heterocycles. The van der Waals surface area contributed by atoms with E-state index >= 15 is 0 Å². The van der Waals surface area contributed by atoms with Gasteiger partial charge in [0.2, 0.25) is 0 Å².